The Hall–Kier alpha value is -2.48. The van der Waals surface area contributed by atoms with E-state index in [4.69, 9.17) is 5.73 Å². The van der Waals surface area contributed by atoms with E-state index in [1.165, 1.54) is 29.5 Å². The lowest BCUT2D eigenvalue weighted by Crippen LogP contribution is -2.12. The number of hydrogen-bond donors (Lipinski definition) is 2. The van der Waals surface area contributed by atoms with Crippen LogP contribution in [-0.4, -0.2) is 15.8 Å². The second-order valence-corrected chi connectivity index (χ2v) is 5.69. The van der Waals surface area contributed by atoms with Gasteiger partial charge >= 0.3 is 0 Å². The van der Waals surface area contributed by atoms with Gasteiger partial charge in [-0.25, -0.2) is 4.98 Å². The van der Waals surface area contributed by atoms with Gasteiger partial charge in [-0.2, -0.15) is 0 Å². The molecular formula is C13H12N4O3S. The van der Waals surface area contributed by atoms with Crippen molar-refractivity contribution in [1.82, 2.24) is 4.98 Å². The zero-order valence-electron chi connectivity index (χ0n) is 10.9. The summed E-state index contributed by atoms with van der Waals surface area (Å²) >= 11 is 1.37. The van der Waals surface area contributed by atoms with Crippen molar-refractivity contribution in [2.75, 3.05) is 11.1 Å². The molecule has 0 saturated heterocycles. The first-order valence-electron chi connectivity index (χ1n) is 6.35. The molecule has 0 unspecified atom stereocenters. The van der Waals surface area contributed by atoms with Crippen LogP contribution in [0.3, 0.4) is 0 Å². The zero-order chi connectivity index (χ0) is 15.0. The molecule has 3 N–H and O–H groups in total. The molecule has 0 aliphatic heterocycles. The number of nitrogens with two attached hydrogens (primary N) is 1. The lowest BCUT2D eigenvalue weighted by molar-refractivity contribution is -0.383. The predicted molar refractivity (Wildman–Crippen MR) is 79.6 cm³/mol. The van der Waals surface area contributed by atoms with Gasteiger partial charge in [-0.15, -0.1) is 11.3 Å². The minimum atomic E-state index is -0.584. The number of anilines is 2. The van der Waals surface area contributed by atoms with E-state index in [2.05, 4.69) is 10.3 Å². The average molecular weight is 304 g/mol. The first kappa shape index (κ1) is 13.5. The van der Waals surface area contributed by atoms with Crippen LogP contribution >= 0.6 is 11.3 Å². The summed E-state index contributed by atoms with van der Waals surface area (Å²) < 4.78 is 0. The minimum Gasteiger partial charge on any atom is -0.393 e. The molecule has 1 aromatic heterocycles. The molecule has 0 spiro atoms. The van der Waals surface area contributed by atoms with Gasteiger partial charge in [0.2, 0.25) is 0 Å². The first-order chi connectivity index (χ1) is 10.0. The van der Waals surface area contributed by atoms with Gasteiger partial charge in [0.05, 0.1) is 10.6 Å². The fourth-order valence-corrected chi connectivity index (χ4v) is 2.73. The number of amides is 1. The monoisotopic (exact) mass is 304 g/mol. The van der Waals surface area contributed by atoms with Crippen molar-refractivity contribution in [3.63, 3.8) is 0 Å². The number of carbonyl (C=O) groups is 1. The third-order valence-electron chi connectivity index (χ3n) is 3.22. The van der Waals surface area contributed by atoms with Gasteiger partial charge in [0.15, 0.2) is 5.13 Å². The molecule has 3 rings (SSSR count). The van der Waals surface area contributed by atoms with Crippen molar-refractivity contribution in [3.8, 4) is 0 Å². The highest BCUT2D eigenvalue weighted by atomic mass is 32.1. The molecule has 1 aliphatic carbocycles. The van der Waals surface area contributed by atoms with Gasteiger partial charge in [-0.3, -0.25) is 20.2 Å². The molecule has 8 heteroatoms. The molecule has 1 saturated carbocycles. The van der Waals surface area contributed by atoms with Crippen LogP contribution < -0.4 is 11.1 Å². The summed E-state index contributed by atoms with van der Waals surface area (Å²) in [6, 6.07) is 3.89. The van der Waals surface area contributed by atoms with Gasteiger partial charge in [0, 0.05) is 22.9 Å². The Morgan fingerprint density at radius 3 is 2.86 bits per heavy atom. The van der Waals surface area contributed by atoms with E-state index in [1.54, 1.807) is 0 Å². The Labute approximate surface area is 124 Å². The standard InChI is InChI=1S/C13H12N4O3S/c14-9-5-8(3-4-11(9)17(19)20)12(18)16-13-15-10(6-21-13)7-1-2-7/h3-7H,1-2,14H2,(H,15,16,18). The van der Waals surface area contributed by atoms with E-state index in [0.717, 1.165) is 18.5 Å². The number of nitro benzene ring substituents is 1. The van der Waals surface area contributed by atoms with E-state index in [0.29, 0.717) is 11.0 Å². The van der Waals surface area contributed by atoms with Gasteiger partial charge < -0.3 is 5.73 Å². The molecule has 1 aromatic carbocycles. The summed E-state index contributed by atoms with van der Waals surface area (Å²) in [5.74, 6) is 0.148. The van der Waals surface area contributed by atoms with Crippen LogP contribution in [0.15, 0.2) is 23.6 Å². The third-order valence-corrected chi connectivity index (χ3v) is 4.00. The number of aromatic nitrogens is 1. The second kappa shape index (κ2) is 5.13. The number of thiazole rings is 1. The maximum Gasteiger partial charge on any atom is 0.292 e. The molecule has 0 bridgehead atoms. The number of rotatable bonds is 4. The maximum atomic E-state index is 12.1. The predicted octanol–water partition coefficient (Wildman–Crippen LogP) is 2.76. The van der Waals surface area contributed by atoms with Crippen molar-refractivity contribution in [3.05, 3.63) is 45.0 Å². The first-order valence-corrected chi connectivity index (χ1v) is 7.23. The van der Waals surface area contributed by atoms with Gasteiger partial charge in [0.25, 0.3) is 11.6 Å². The molecule has 1 heterocycles. The Bertz CT molecular complexity index is 724. The summed E-state index contributed by atoms with van der Waals surface area (Å²) in [6.07, 6.45) is 2.30. The third kappa shape index (κ3) is 2.84. The summed E-state index contributed by atoms with van der Waals surface area (Å²) in [4.78, 5) is 26.5. The average Bonchev–Trinajstić information content (AvgIpc) is 3.19. The number of benzene rings is 1. The van der Waals surface area contributed by atoms with Crippen LogP contribution in [0.25, 0.3) is 0 Å². The van der Waals surface area contributed by atoms with E-state index in [9.17, 15) is 14.9 Å². The molecule has 0 radical (unpaired) electrons. The summed E-state index contributed by atoms with van der Waals surface area (Å²) in [6.45, 7) is 0. The molecule has 1 amide bonds. The number of nitrogens with one attached hydrogen (secondary N) is 1. The molecule has 2 aromatic rings. The van der Waals surface area contributed by atoms with Crippen molar-refractivity contribution < 1.29 is 9.72 Å². The molecular weight excluding hydrogens is 292 g/mol. The number of hydrogen-bond acceptors (Lipinski definition) is 6. The minimum absolute atomic E-state index is 0.0366. The van der Waals surface area contributed by atoms with Gasteiger partial charge in [-0.05, 0) is 25.0 Å². The Balaban J connectivity index is 1.75. The maximum absolute atomic E-state index is 12.1. The zero-order valence-corrected chi connectivity index (χ0v) is 11.7. The van der Waals surface area contributed by atoms with Crippen LogP contribution in [0.2, 0.25) is 0 Å². The Morgan fingerprint density at radius 2 is 2.24 bits per heavy atom. The highest BCUT2D eigenvalue weighted by molar-refractivity contribution is 7.14. The molecule has 1 aliphatic rings. The Morgan fingerprint density at radius 1 is 1.48 bits per heavy atom. The van der Waals surface area contributed by atoms with Crippen LogP contribution in [0, 0.1) is 10.1 Å². The quantitative estimate of drug-likeness (QED) is 0.512. The number of nitro groups is 1. The SMILES string of the molecule is Nc1cc(C(=O)Nc2nc(C3CC3)cs2)ccc1[N+](=O)[O-]. The van der Waals surface area contributed by atoms with Crippen LogP contribution in [0.1, 0.15) is 34.8 Å². The van der Waals surface area contributed by atoms with Crippen molar-refractivity contribution in [2.45, 2.75) is 18.8 Å². The largest absolute Gasteiger partial charge is 0.393 e. The van der Waals surface area contributed by atoms with Crippen LogP contribution in [0.4, 0.5) is 16.5 Å². The molecule has 0 atom stereocenters. The van der Waals surface area contributed by atoms with Crippen LogP contribution in [0.5, 0.6) is 0 Å². The smallest absolute Gasteiger partial charge is 0.292 e. The molecule has 7 nitrogen and oxygen atoms in total. The number of carbonyl (C=O) groups excluding carboxylic acids is 1. The highest BCUT2D eigenvalue weighted by Gasteiger charge is 2.26. The highest BCUT2D eigenvalue weighted by Crippen LogP contribution is 2.40. The van der Waals surface area contributed by atoms with Gasteiger partial charge in [-0.1, -0.05) is 0 Å². The lowest BCUT2D eigenvalue weighted by atomic mass is 10.1. The van der Waals surface area contributed by atoms with Gasteiger partial charge in [0.1, 0.15) is 5.69 Å². The van der Waals surface area contributed by atoms with E-state index in [1.807, 2.05) is 5.38 Å². The normalized spacial score (nSPS) is 13.9. The summed E-state index contributed by atoms with van der Waals surface area (Å²) in [7, 11) is 0. The molecule has 21 heavy (non-hydrogen) atoms. The number of nitrogens with zero attached hydrogens (tertiary/aromatic N) is 2. The van der Waals surface area contributed by atoms with Crippen LogP contribution in [-0.2, 0) is 0 Å². The summed E-state index contributed by atoms with van der Waals surface area (Å²) in [5, 5.41) is 15.8. The summed E-state index contributed by atoms with van der Waals surface area (Å²) in [5.41, 5.74) is 6.60. The van der Waals surface area contributed by atoms with E-state index >= 15 is 0 Å². The fourth-order valence-electron chi connectivity index (χ4n) is 1.94. The molecule has 1 fully saturated rings. The van der Waals surface area contributed by atoms with Crippen molar-refractivity contribution >= 4 is 33.8 Å². The fraction of sp³-hybridized carbons (Fsp3) is 0.231. The van der Waals surface area contributed by atoms with E-state index < -0.39 is 4.92 Å². The van der Waals surface area contributed by atoms with E-state index in [-0.39, 0.29) is 22.8 Å². The van der Waals surface area contributed by atoms with Crippen molar-refractivity contribution in [1.29, 1.82) is 0 Å². The lowest BCUT2D eigenvalue weighted by Gasteiger charge is -2.03. The Kier molecular flexibility index (Phi) is 3.30. The topological polar surface area (TPSA) is 111 Å². The van der Waals surface area contributed by atoms with Crippen molar-refractivity contribution in [2.24, 2.45) is 0 Å². The second-order valence-electron chi connectivity index (χ2n) is 4.84. The molecule has 108 valence electrons. The number of nitrogen functional groups attached to an aromatic ring is 1.